The number of thiophene rings is 1. The van der Waals surface area contributed by atoms with E-state index in [-0.39, 0.29) is 5.76 Å². The molecule has 0 unspecified atom stereocenters. The first-order valence-corrected chi connectivity index (χ1v) is 6.90. The highest BCUT2D eigenvalue weighted by Gasteiger charge is 2.09. The highest BCUT2D eigenvalue weighted by Crippen LogP contribution is 2.21. The average Bonchev–Trinajstić information content (AvgIpc) is 2.94. The van der Waals surface area contributed by atoms with Gasteiger partial charge in [0.2, 0.25) is 0 Å². The van der Waals surface area contributed by atoms with E-state index in [1.165, 1.54) is 11.3 Å². The first-order chi connectivity index (χ1) is 8.56. The number of carbonyl (C=O) groups is 1. The van der Waals surface area contributed by atoms with Crippen LogP contribution in [0.15, 0.2) is 38.5 Å². The van der Waals surface area contributed by atoms with Crippen LogP contribution in [0.2, 0.25) is 4.34 Å². The summed E-state index contributed by atoms with van der Waals surface area (Å²) in [6, 6.07) is 6.84. The summed E-state index contributed by atoms with van der Waals surface area (Å²) in [5.74, 6) is -0.203. The lowest BCUT2D eigenvalue weighted by Gasteiger charge is -1.98. The maximum atomic E-state index is 11.6. The molecule has 0 aliphatic rings. The molecule has 0 atom stereocenters. The van der Waals surface area contributed by atoms with E-state index in [4.69, 9.17) is 16.0 Å². The van der Waals surface area contributed by atoms with Crippen LogP contribution in [0.5, 0.6) is 0 Å². The third kappa shape index (κ3) is 3.22. The number of halogens is 2. The topological polar surface area (TPSA) is 54.6 Å². The van der Waals surface area contributed by atoms with Crippen molar-refractivity contribution < 1.29 is 9.21 Å². The fourth-order valence-corrected chi connectivity index (χ4v) is 2.48. The van der Waals surface area contributed by atoms with Gasteiger partial charge in [-0.1, -0.05) is 11.6 Å². The highest BCUT2D eigenvalue weighted by molar-refractivity contribution is 9.10. The maximum absolute atomic E-state index is 11.6. The molecule has 18 heavy (non-hydrogen) atoms. The Morgan fingerprint density at radius 2 is 2.22 bits per heavy atom. The summed E-state index contributed by atoms with van der Waals surface area (Å²) in [4.78, 5) is 12.5. The summed E-state index contributed by atoms with van der Waals surface area (Å²) in [6.07, 6.45) is 0. The van der Waals surface area contributed by atoms with Crippen molar-refractivity contribution >= 4 is 50.5 Å². The standard InChI is InChI=1S/C11H8BrClN2O2S/c1-6(8-3-5-10(13)18-8)14-15-11(16)7-2-4-9(12)17-7/h2-5H,1H3,(H,15,16)/b14-6+. The third-order valence-electron chi connectivity index (χ3n) is 2.05. The van der Waals surface area contributed by atoms with Crippen LogP contribution in [-0.2, 0) is 0 Å². The first-order valence-electron chi connectivity index (χ1n) is 4.92. The van der Waals surface area contributed by atoms with Gasteiger partial charge < -0.3 is 4.42 Å². The fourth-order valence-electron chi connectivity index (χ4n) is 1.19. The lowest BCUT2D eigenvalue weighted by atomic mass is 10.3. The van der Waals surface area contributed by atoms with Crippen molar-refractivity contribution in [2.45, 2.75) is 6.92 Å². The van der Waals surface area contributed by atoms with E-state index in [0.29, 0.717) is 14.7 Å². The van der Waals surface area contributed by atoms with Gasteiger partial charge in [0.15, 0.2) is 10.4 Å². The molecule has 0 aliphatic heterocycles. The van der Waals surface area contributed by atoms with Crippen molar-refractivity contribution in [1.29, 1.82) is 0 Å². The molecule has 0 radical (unpaired) electrons. The molecule has 0 fully saturated rings. The van der Waals surface area contributed by atoms with E-state index in [2.05, 4.69) is 26.5 Å². The van der Waals surface area contributed by atoms with Crippen molar-refractivity contribution in [3.63, 3.8) is 0 Å². The lowest BCUT2D eigenvalue weighted by molar-refractivity contribution is 0.0926. The van der Waals surface area contributed by atoms with Gasteiger partial charge in [0, 0.05) is 0 Å². The van der Waals surface area contributed by atoms with E-state index >= 15 is 0 Å². The summed E-state index contributed by atoms with van der Waals surface area (Å²) < 4.78 is 6.28. The zero-order valence-corrected chi connectivity index (χ0v) is 12.4. The Labute approximate surface area is 121 Å². The maximum Gasteiger partial charge on any atom is 0.307 e. The number of furan rings is 1. The van der Waals surface area contributed by atoms with Crippen molar-refractivity contribution in [2.75, 3.05) is 0 Å². The molecule has 2 heterocycles. The Hall–Kier alpha value is -1.11. The highest BCUT2D eigenvalue weighted by atomic mass is 79.9. The summed E-state index contributed by atoms with van der Waals surface area (Å²) >= 11 is 10.3. The van der Waals surface area contributed by atoms with Crippen molar-refractivity contribution in [3.8, 4) is 0 Å². The van der Waals surface area contributed by atoms with Crippen LogP contribution in [0.4, 0.5) is 0 Å². The minimum atomic E-state index is -0.400. The number of hydrogen-bond acceptors (Lipinski definition) is 4. The van der Waals surface area contributed by atoms with Crippen LogP contribution in [0.3, 0.4) is 0 Å². The molecule has 4 nitrogen and oxygen atoms in total. The Bertz CT molecular complexity index is 606. The van der Waals surface area contributed by atoms with E-state index in [1.54, 1.807) is 25.1 Å². The van der Waals surface area contributed by atoms with Crippen LogP contribution in [-0.4, -0.2) is 11.6 Å². The minimum absolute atomic E-state index is 0.197. The number of nitrogens with zero attached hydrogens (tertiary/aromatic N) is 1. The molecule has 94 valence electrons. The monoisotopic (exact) mass is 346 g/mol. The molecule has 0 aromatic carbocycles. The van der Waals surface area contributed by atoms with Gasteiger partial charge in [-0.05, 0) is 47.1 Å². The normalized spacial score (nSPS) is 11.6. The van der Waals surface area contributed by atoms with Gasteiger partial charge >= 0.3 is 5.91 Å². The molecule has 0 aliphatic carbocycles. The number of carbonyl (C=O) groups excluding carboxylic acids is 1. The number of amides is 1. The zero-order chi connectivity index (χ0) is 13.1. The molecule has 1 amide bonds. The van der Waals surface area contributed by atoms with Crippen LogP contribution in [0.1, 0.15) is 22.4 Å². The molecular formula is C11H8BrClN2O2S. The second kappa shape index (κ2) is 5.69. The van der Waals surface area contributed by atoms with Gasteiger partial charge in [-0.25, -0.2) is 5.43 Å². The molecule has 0 saturated heterocycles. The molecule has 7 heteroatoms. The predicted molar refractivity (Wildman–Crippen MR) is 75.4 cm³/mol. The summed E-state index contributed by atoms with van der Waals surface area (Å²) in [5, 5.41) is 3.99. The molecule has 0 spiro atoms. The number of hydrogen-bond donors (Lipinski definition) is 1. The quantitative estimate of drug-likeness (QED) is 0.676. The third-order valence-corrected chi connectivity index (χ3v) is 3.82. The lowest BCUT2D eigenvalue weighted by Crippen LogP contribution is -2.18. The number of rotatable bonds is 3. The first kappa shape index (κ1) is 13.3. The Kier molecular flexibility index (Phi) is 4.21. The van der Waals surface area contributed by atoms with Crippen molar-refractivity contribution in [3.05, 3.63) is 43.9 Å². The minimum Gasteiger partial charge on any atom is -0.444 e. The molecular weight excluding hydrogens is 340 g/mol. The molecule has 2 aromatic heterocycles. The largest absolute Gasteiger partial charge is 0.444 e. The van der Waals surface area contributed by atoms with Crippen LogP contribution >= 0.6 is 38.9 Å². The van der Waals surface area contributed by atoms with Gasteiger partial charge in [0.1, 0.15) is 0 Å². The van der Waals surface area contributed by atoms with Gasteiger partial charge in [-0.2, -0.15) is 5.10 Å². The number of nitrogens with one attached hydrogen (secondary N) is 1. The number of hydrazone groups is 1. The van der Waals surface area contributed by atoms with Crippen LogP contribution in [0, 0.1) is 0 Å². The SMILES string of the molecule is C/C(=N\NC(=O)c1ccc(Br)o1)c1ccc(Cl)s1. The van der Waals surface area contributed by atoms with Crippen LogP contribution in [0.25, 0.3) is 0 Å². The molecule has 1 N–H and O–H groups in total. The van der Waals surface area contributed by atoms with E-state index < -0.39 is 5.91 Å². The van der Waals surface area contributed by atoms with Gasteiger partial charge in [0.05, 0.1) is 14.9 Å². The smallest absolute Gasteiger partial charge is 0.307 e. The second-order valence-corrected chi connectivity index (χ2v) is 5.84. The Morgan fingerprint density at radius 3 is 2.78 bits per heavy atom. The van der Waals surface area contributed by atoms with E-state index in [1.807, 2.05) is 6.07 Å². The van der Waals surface area contributed by atoms with Crippen LogP contribution < -0.4 is 5.43 Å². The van der Waals surface area contributed by atoms with E-state index in [0.717, 1.165) is 4.88 Å². The summed E-state index contributed by atoms with van der Waals surface area (Å²) in [5.41, 5.74) is 3.10. The Balaban J connectivity index is 2.04. The van der Waals surface area contributed by atoms with Gasteiger partial charge in [-0.3, -0.25) is 4.79 Å². The molecule has 2 aromatic rings. The fraction of sp³-hybridized carbons (Fsp3) is 0.0909. The van der Waals surface area contributed by atoms with Gasteiger partial charge in [0.25, 0.3) is 0 Å². The van der Waals surface area contributed by atoms with E-state index in [9.17, 15) is 4.79 Å². The summed E-state index contributed by atoms with van der Waals surface area (Å²) in [6.45, 7) is 1.79. The van der Waals surface area contributed by atoms with Crippen molar-refractivity contribution in [1.82, 2.24) is 5.43 Å². The second-order valence-electron chi connectivity index (χ2n) is 3.35. The molecule has 0 saturated carbocycles. The summed E-state index contributed by atoms with van der Waals surface area (Å²) in [7, 11) is 0. The average molecular weight is 348 g/mol. The predicted octanol–water partition coefficient (Wildman–Crippen LogP) is 3.91. The van der Waals surface area contributed by atoms with Gasteiger partial charge in [-0.15, -0.1) is 11.3 Å². The van der Waals surface area contributed by atoms with Crippen molar-refractivity contribution in [2.24, 2.45) is 5.10 Å². The Morgan fingerprint density at radius 1 is 1.44 bits per heavy atom. The molecule has 2 rings (SSSR count). The zero-order valence-electron chi connectivity index (χ0n) is 9.24. The molecule has 0 bridgehead atoms.